The smallest absolute Gasteiger partial charge is 0.224 e. The molecule has 1 aliphatic rings. The Morgan fingerprint density at radius 3 is 2.25 bits per heavy atom. The van der Waals surface area contributed by atoms with Crippen LogP contribution in [-0.2, 0) is 9.59 Å². The summed E-state index contributed by atoms with van der Waals surface area (Å²) in [5.74, 6) is 0.613. The topological polar surface area (TPSA) is 43.9 Å². The van der Waals surface area contributed by atoms with Gasteiger partial charge in [0.15, 0.2) is 0 Å². The fraction of sp³-hybridized carbons (Fsp3) is 0.579. The number of carbonyl (C=O) groups excluding carboxylic acids is 2. The predicted molar refractivity (Wildman–Crippen MR) is 96.9 cm³/mol. The van der Waals surface area contributed by atoms with Crippen LogP contribution in [0.1, 0.15) is 27.2 Å². The summed E-state index contributed by atoms with van der Waals surface area (Å²) in [6.07, 6.45) is 0.414. The molecule has 0 N–H and O–H groups in total. The normalized spacial score (nSPS) is 14.8. The Kier molecular flexibility index (Phi) is 6.64. The molecule has 1 aromatic carbocycles. The number of hydrogen-bond acceptors (Lipinski definition) is 3. The van der Waals surface area contributed by atoms with Gasteiger partial charge in [-0.15, -0.1) is 0 Å². The van der Waals surface area contributed by atoms with E-state index in [0.29, 0.717) is 25.4 Å². The molecule has 5 nitrogen and oxygen atoms in total. The molecule has 0 aliphatic carbocycles. The largest absolute Gasteiger partial charge is 0.368 e. The summed E-state index contributed by atoms with van der Waals surface area (Å²) in [5.41, 5.74) is 1.21. The molecule has 1 aromatic rings. The molecule has 2 rings (SSSR count). The van der Waals surface area contributed by atoms with Crippen molar-refractivity contribution in [2.24, 2.45) is 5.92 Å². The van der Waals surface area contributed by atoms with Gasteiger partial charge in [0.1, 0.15) is 0 Å². The number of para-hydroxylation sites is 1. The molecule has 1 heterocycles. The average molecular weight is 331 g/mol. The van der Waals surface area contributed by atoms with Crippen LogP contribution in [0.5, 0.6) is 0 Å². The van der Waals surface area contributed by atoms with Crippen molar-refractivity contribution >= 4 is 17.5 Å². The Bertz CT molecular complexity index is 537. The van der Waals surface area contributed by atoms with E-state index in [9.17, 15) is 9.59 Å². The van der Waals surface area contributed by atoms with E-state index in [2.05, 4.69) is 30.9 Å². The average Bonchev–Trinajstić information content (AvgIpc) is 2.58. The van der Waals surface area contributed by atoms with Crippen LogP contribution in [0.3, 0.4) is 0 Å². The third-order valence-electron chi connectivity index (χ3n) is 4.38. The first-order valence-corrected chi connectivity index (χ1v) is 8.80. The zero-order valence-electron chi connectivity index (χ0n) is 15.1. The first-order chi connectivity index (χ1) is 11.5. The molecule has 0 unspecified atom stereocenters. The molecule has 1 saturated heterocycles. The van der Waals surface area contributed by atoms with E-state index in [-0.39, 0.29) is 11.8 Å². The van der Waals surface area contributed by atoms with Gasteiger partial charge in [0.25, 0.3) is 0 Å². The highest BCUT2D eigenvalue weighted by atomic mass is 16.2. The van der Waals surface area contributed by atoms with Crippen LogP contribution in [-0.4, -0.2) is 60.9 Å². The van der Waals surface area contributed by atoms with Gasteiger partial charge in [0.05, 0.1) is 0 Å². The zero-order chi connectivity index (χ0) is 17.5. The maximum absolute atomic E-state index is 12.4. The number of piperazine rings is 1. The number of amides is 2. The maximum Gasteiger partial charge on any atom is 0.224 e. The van der Waals surface area contributed by atoms with Crippen LogP contribution in [0.15, 0.2) is 30.3 Å². The molecule has 2 amide bonds. The molecule has 0 atom stereocenters. The second-order valence-corrected chi connectivity index (χ2v) is 6.81. The lowest BCUT2D eigenvalue weighted by Gasteiger charge is -2.36. The molecule has 132 valence electrons. The van der Waals surface area contributed by atoms with Gasteiger partial charge in [0.2, 0.25) is 11.8 Å². The van der Waals surface area contributed by atoms with E-state index < -0.39 is 0 Å². The number of carbonyl (C=O) groups is 2. The summed E-state index contributed by atoms with van der Waals surface area (Å²) >= 11 is 0. The van der Waals surface area contributed by atoms with Gasteiger partial charge in [-0.3, -0.25) is 9.59 Å². The lowest BCUT2D eigenvalue weighted by molar-refractivity contribution is -0.133. The number of rotatable bonds is 6. The molecule has 1 fully saturated rings. The van der Waals surface area contributed by atoms with Crippen LogP contribution in [0, 0.1) is 5.92 Å². The van der Waals surface area contributed by atoms with Crippen LogP contribution in [0.25, 0.3) is 0 Å². The molecule has 5 heteroatoms. The molecule has 0 aromatic heterocycles. The Labute approximate surface area is 145 Å². The van der Waals surface area contributed by atoms with Gasteiger partial charge in [-0.05, 0) is 18.1 Å². The first-order valence-electron chi connectivity index (χ1n) is 8.80. The van der Waals surface area contributed by atoms with Gasteiger partial charge in [-0.1, -0.05) is 32.0 Å². The van der Waals surface area contributed by atoms with Crippen molar-refractivity contribution in [2.45, 2.75) is 27.2 Å². The van der Waals surface area contributed by atoms with Gasteiger partial charge >= 0.3 is 0 Å². The molecule has 24 heavy (non-hydrogen) atoms. The molecule has 0 radical (unpaired) electrons. The Morgan fingerprint density at radius 1 is 1.08 bits per heavy atom. The summed E-state index contributed by atoms with van der Waals surface area (Å²) in [5, 5.41) is 0. The van der Waals surface area contributed by atoms with Crippen molar-refractivity contribution in [3.63, 3.8) is 0 Å². The number of benzene rings is 1. The Hall–Kier alpha value is -2.04. The number of hydrogen-bond donors (Lipinski definition) is 0. The van der Waals surface area contributed by atoms with Crippen LogP contribution < -0.4 is 4.90 Å². The van der Waals surface area contributed by atoms with Crippen molar-refractivity contribution in [1.82, 2.24) is 9.80 Å². The molecular weight excluding hydrogens is 302 g/mol. The van der Waals surface area contributed by atoms with E-state index in [1.165, 1.54) is 5.69 Å². The fourth-order valence-corrected chi connectivity index (χ4v) is 3.06. The summed E-state index contributed by atoms with van der Waals surface area (Å²) in [4.78, 5) is 30.1. The lowest BCUT2D eigenvalue weighted by atomic mass is 10.2. The minimum Gasteiger partial charge on any atom is -0.368 e. The van der Waals surface area contributed by atoms with Crippen LogP contribution in [0.2, 0.25) is 0 Å². The molecule has 0 saturated carbocycles. The second-order valence-electron chi connectivity index (χ2n) is 6.81. The van der Waals surface area contributed by atoms with Gasteiger partial charge < -0.3 is 14.7 Å². The monoisotopic (exact) mass is 331 g/mol. The Morgan fingerprint density at radius 2 is 1.71 bits per heavy atom. The first kappa shape index (κ1) is 18.3. The van der Waals surface area contributed by atoms with Gasteiger partial charge in [0, 0.05) is 58.3 Å². The highest BCUT2D eigenvalue weighted by Gasteiger charge is 2.22. The number of nitrogens with zero attached hydrogens (tertiary/aromatic N) is 3. The van der Waals surface area contributed by atoms with E-state index in [1.807, 2.05) is 23.1 Å². The van der Waals surface area contributed by atoms with E-state index in [1.54, 1.807) is 11.8 Å². The van der Waals surface area contributed by atoms with Crippen molar-refractivity contribution in [3.8, 4) is 0 Å². The van der Waals surface area contributed by atoms with E-state index in [0.717, 1.165) is 26.2 Å². The van der Waals surface area contributed by atoms with Crippen molar-refractivity contribution in [3.05, 3.63) is 30.3 Å². The number of anilines is 1. The van der Waals surface area contributed by atoms with Gasteiger partial charge in [-0.2, -0.15) is 0 Å². The minimum absolute atomic E-state index is 0.0467. The van der Waals surface area contributed by atoms with Crippen molar-refractivity contribution in [1.29, 1.82) is 0 Å². The summed E-state index contributed by atoms with van der Waals surface area (Å²) in [6, 6.07) is 10.3. The van der Waals surface area contributed by atoms with E-state index >= 15 is 0 Å². The third-order valence-corrected chi connectivity index (χ3v) is 4.38. The van der Waals surface area contributed by atoms with Gasteiger partial charge in [-0.25, -0.2) is 0 Å². The van der Waals surface area contributed by atoms with E-state index in [4.69, 9.17) is 0 Å². The molecular formula is C19H29N3O2. The molecule has 0 bridgehead atoms. The van der Waals surface area contributed by atoms with Crippen molar-refractivity contribution < 1.29 is 9.59 Å². The lowest BCUT2D eigenvalue weighted by Crippen LogP contribution is -2.49. The molecule has 1 aliphatic heterocycles. The molecule has 0 spiro atoms. The predicted octanol–water partition coefficient (Wildman–Crippen LogP) is 2.23. The minimum atomic E-state index is 0.0467. The SMILES string of the molecule is CC(=O)N(CCC(=O)N1CCN(c2ccccc2)CC1)CC(C)C. The highest BCUT2D eigenvalue weighted by molar-refractivity contribution is 5.78. The summed E-state index contributed by atoms with van der Waals surface area (Å²) in [6.45, 7) is 10.2. The highest BCUT2D eigenvalue weighted by Crippen LogP contribution is 2.16. The standard InChI is InChI=1S/C19H29N3O2/c1-16(2)15-22(17(3)23)10-9-19(24)21-13-11-20(12-14-21)18-7-5-4-6-8-18/h4-8,16H,9-15H2,1-3H3. The summed E-state index contributed by atoms with van der Waals surface area (Å²) in [7, 11) is 0. The second kappa shape index (κ2) is 8.71. The Balaban J connectivity index is 1.79. The maximum atomic E-state index is 12.4. The summed E-state index contributed by atoms with van der Waals surface area (Å²) < 4.78 is 0. The van der Waals surface area contributed by atoms with Crippen LogP contribution >= 0.6 is 0 Å². The third kappa shape index (κ3) is 5.25. The fourth-order valence-electron chi connectivity index (χ4n) is 3.06. The zero-order valence-corrected chi connectivity index (χ0v) is 15.1. The van der Waals surface area contributed by atoms with Crippen LogP contribution in [0.4, 0.5) is 5.69 Å². The van der Waals surface area contributed by atoms with Crippen molar-refractivity contribution in [2.75, 3.05) is 44.2 Å². The quantitative estimate of drug-likeness (QED) is 0.803.